The lowest BCUT2D eigenvalue weighted by Gasteiger charge is -2.33. The average molecular weight is 353 g/mol. The number of rotatable bonds is 3. The van der Waals surface area contributed by atoms with E-state index in [-0.39, 0.29) is 23.1 Å². The second-order valence-electron chi connectivity index (χ2n) is 7.05. The van der Waals surface area contributed by atoms with Gasteiger partial charge in [-0.1, -0.05) is 0 Å². The van der Waals surface area contributed by atoms with E-state index in [0.717, 1.165) is 62.1 Å². The van der Waals surface area contributed by atoms with Crippen molar-refractivity contribution in [3.05, 3.63) is 51.8 Å². The Labute approximate surface area is 151 Å². The zero-order chi connectivity index (χ0) is 17.9. The maximum Gasteiger partial charge on any atom is 0.261 e. The number of carbonyl (C=O) groups excluding carboxylic acids is 1. The molecule has 1 fully saturated rings. The molecule has 0 bridgehead atoms. The van der Waals surface area contributed by atoms with Gasteiger partial charge in [-0.05, 0) is 50.2 Å². The van der Waals surface area contributed by atoms with Gasteiger partial charge in [0, 0.05) is 37.2 Å². The van der Waals surface area contributed by atoms with E-state index in [4.69, 9.17) is 0 Å². The number of nitrogens with one attached hydrogen (secondary N) is 2. The predicted molar refractivity (Wildman–Crippen MR) is 98.4 cm³/mol. The lowest BCUT2D eigenvalue weighted by molar-refractivity contribution is 0.0931. The van der Waals surface area contributed by atoms with Gasteiger partial charge in [-0.15, -0.1) is 0 Å². The first-order valence-electron chi connectivity index (χ1n) is 9.27. The van der Waals surface area contributed by atoms with E-state index in [9.17, 15) is 9.59 Å². The molecule has 7 heteroatoms. The van der Waals surface area contributed by atoms with Crippen LogP contribution in [0.4, 0.5) is 5.82 Å². The highest BCUT2D eigenvalue weighted by atomic mass is 16.2. The number of aryl methyl sites for hydroxylation is 2. The monoisotopic (exact) mass is 353 g/mol. The van der Waals surface area contributed by atoms with Crippen LogP contribution in [0.2, 0.25) is 0 Å². The van der Waals surface area contributed by atoms with Crippen molar-refractivity contribution in [2.75, 3.05) is 18.0 Å². The number of piperidine rings is 1. The molecule has 4 rings (SSSR count). The third-order valence-electron chi connectivity index (χ3n) is 5.21. The van der Waals surface area contributed by atoms with Gasteiger partial charge in [0.25, 0.3) is 11.5 Å². The highest BCUT2D eigenvalue weighted by Crippen LogP contribution is 2.19. The molecule has 1 amide bonds. The van der Waals surface area contributed by atoms with Gasteiger partial charge in [0.2, 0.25) is 0 Å². The van der Waals surface area contributed by atoms with E-state index in [1.807, 2.05) is 0 Å². The van der Waals surface area contributed by atoms with Crippen molar-refractivity contribution in [1.29, 1.82) is 0 Å². The fraction of sp³-hybridized carbons (Fsp3) is 0.474. The summed E-state index contributed by atoms with van der Waals surface area (Å²) in [6, 6.07) is 1.78. The van der Waals surface area contributed by atoms with Crippen molar-refractivity contribution in [2.24, 2.45) is 0 Å². The van der Waals surface area contributed by atoms with Crippen LogP contribution in [0.25, 0.3) is 0 Å². The van der Waals surface area contributed by atoms with Gasteiger partial charge in [0.05, 0.1) is 6.20 Å². The van der Waals surface area contributed by atoms with Crippen molar-refractivity contribution in [3.8, 4) is 0 Å². The maximum atomic E-state index is 12.7. The highest BCUT2D eigenvalue weighted by Gasteiger charge is 2.24. The van der Waals surface area contributed by atoms with Gasteiger partial charge in [0.15, 0.2) is 0 Å². The first kappa shape index (κ1) is 16.8. The molecule has 1 atom stereocenters. The Kier molecular flexibility index (Phi) is 4.69. The molecule has 0 saturated carbocycles. The summed E-state index contributed by atoms with van der Waals surface area (Å²) in [6.45, 7) is 1.57. The molecule has 2 aromatic rings. The molecule has 1 aliphatic heterocycles. The fourth-order valence-corrected chi connectivity index (χ4v) is 3.86. The van der Waals surface area contributed by atoms with Crippen LogP contribution in [0, 0.1) is 0 Å². The Morgan fingerprint density at radius 3 is 2.96 bits per heavy atom. The molecule has 7 nitrogen and oxygen atoms in total. The fourth-order valence-electron chi connectivity index (χ4n) is 3.86. The minimum Gasteiger partial charge on any atom is -0.353 e. The SMILES string of the molecule is O=C(N[C@@H]1CCCN(c2cnccn2)C1)c1cc2c([nH]c1=O)CCCC2. The summed E-state index contributed by atoms with van der Waals surface area (Å²) < 4.78 is 0. The molecule has 2 aromatic heterocycles. The lowest BCUT2D eigenvalue weighted by Crippen LogP contribution is -2.48. The van der Waals surface area contributed by atoms with E-state index in [1.165, 1.54) is 0 Å². The molecular formula is C19H23N5O2. The number of hydrogen-bond donors (Lipinski definition) is 2. The van der Waals surface area contributed by atoms with Crippen molar-refractivity contribution in [3.63, 3.8) is 0 Å². The number of pyridine rings is 1. The number of aromatic nitrogens is 3. The predicted octanol–water partition coefficient (Wildman–Crippen LogP) is 1.44. The third kappa shape index (κ3) is 3.47. The molecule has 0 aromatic carbocycles. The quantitative estimate of drug-likeness (QED) is 0.871. The third-order valence-corrected chi connectivity index (χ3v) is 5.21. The number of H-pyrrole nitrogens is 1. The molecule has 3 heterocycles. The van der Waals surface area contributed by atoms with E-state index < -0.39 is 0 Å². The average Bonchev–Trinajstić information content (AvgIpc) is 2.68. The molecule has 1 aliphatic carbocycles. The molecule has 0 spiro atoms. The number of anilines is 1. The molecular weight excluding hydrogens is 330 g/mol. The van der Waals surface area contributed by atoms with Gasteiger partial charge in [-0.3, -0.25) is 14.6 Å². The Morgan fingerprint density at radius 1 is 1.23 bits per heavy atom. The number of hydrogen-bond acceptors (Lipinski definition) is 5. The number of carbonyl (C=O) groups is 1. The summed E-state index contributed by atoms with van der Waals surface area (Å²) in [4.78, 5) is 38.5. The van der Waals surface area contributed by atoms with Crippen LogP contribution in [0.3, 0.4) is 0 Å². The van der Waals surface area contributed by atoms with Crippen LogP contribution in [-0.4, -0.2) is 40.0 Å². The Bertz CT molecular complexity index is 849. The van der Waals surface area contributed by atoms with E-state index in [1.54, 1.807) is 24.7 Å². The van der Waals surface area contributed by atoms with E-state index in [2.05, 4.69) is 25.2 Å². The highest BCUT2D eigenvalue weighted by molar-refractivity contribution is 5.94. The van der Waals surface area contributed by atoms with E-state index in [0.29, 0.717) is 6.54 Å². The van der Waals surface area contributed by atoms with Gasteiger partial charge >= 0.3 is 0 Å². The second kappa shape index (κ2) is 7.27. The largest absolute Gasteiger partial charge is 0.353 e. The van der Waals surface area contributed by atoms with Crippen LogP contribution in [0.15, 0.2) is 29.5 Å². The Hall–Kier alpha value is -2.70. The second-order valence-corrected chi connectivity index (χ2v) is 7.05. The number of fused-ring (bicyclic) bond motifs is 1. The van der Waals surface area contributed by atoms with Crippen LogP contribution in [0.1, 0.15) is 47.3 Å². The molecule has 0 radical (unpaired) electrons. The molecule has 2 aliphatic rings. The summed E-state index contributed by atoms with van der Waals surface area (Å²) in [5, 5.41) is 3.03. The summed E-state index contributed by atoms with van der Waals surface area (Å²) in [5.41, 5.74) is 2.03. The summed E-state index contributed by atoms with van der Waals surface area (Å²) >= 11 is 0. The lowest BCUT2D eigenvalue weighted by atomic mass is 9.95. The van der Waals surface area contributed by atoms with Gasteiger partial charge in [0.1, 0.15) is 11.4 Å². The molecule has 2 N–H and O–H groups in total. The number of amides is 1. The van der Waals surface area contributed by atoms with Crippen LogP contribution in [-0.2, 0) is 12.8 Å². The minimum absolute atomic E-state index is 0.00584. The van der Waals surface area contributed by atoms with E-state index >= 15 is 0 Å². The summed E-state index contributed by atoms with van der Waals surface area (Å²) in [6.07, 6.45) is 10.9. The van der Waals surface area contributed by atoms with Crippen molar-refractivity contribution in [2.45, 2.75) is 44.6 Å². The topological polar surface area (TPSA) is 91.0 Å². The molecule has 0 unspecified atom stereocenters. The summed E-state index contributed by atoms with van der Waals surface area (Å²) in [5.74, 6) is 0.531. The normalized spacial score (nSPS) is 19.7. The number of aromatic amines is 1. The standard InChI is InChI=1S/C19H23N5O2/c25-18(15-10-13-4-1-2-6-16(13)23-19(15)26)22-14-5-3-9-24(12-14)17-11-20-7-8-21-17/h7-8,10-11,14H,1-6,9,12H2,(H,22,25)(H,23,26)/t14-/m1/s1. The summed E-state index contributed by atoms with van der Waals surface area (Å²) in [7, 11) is 0. The zero-order valence-electron chi connectivity index (χ0n) is 14.7. The Morgan fingerprint density at radius 2 is 2.12 bits per heavy atom. The molecule has 1 saturated heterocycles. The number of nitrogens with zero attached hydrogens (tertiary/aromatic N) is 3. The van der Waals surface area contributed by atoms with Gasteiger partial charge in [-0.2, -0.15) is 0 Å². The van der Waals surface area contributed by atoms with Crippen LogP contribution < -0.4 is 15.8 Å². The van der Waals surface area contributed by atoms with Crippen molar-refractivity contribution < 1.29 is 4.79 Å². The first-order chi connectivity index (χ1) is 12.7. The van der Waals surface area contributed by atoms with Crippen LogP contribution in [0.5, 0.6) is 0 Å². The minimum atomic E-state index is -0.287. The maximum absolute atomic E-state index is 12.7. The Balaban J connectivity index is 1.47. The van der Waals surface area contributed by atoms with Crippen molar-refractivity contribution >= 4 is 11.7 Å². The zero-order valence-corrected chi connectivity index (χ0v) is 14.7. The van der Waals surface area contributed by atoms with Gasteiger partial charge in [-0.25, -0.2) is 4.98 Å². The smallest absolute Gasteiger partial charge is 0.261 e. The van der Waals surface area contributed by atoms with Crippen molar-refractivity contribution in [1.82, 2.24) is 20.3 Å². The molecule has 26 heavy (non-hydrogen) atoms. The van der Waals surface area contributed by atoms with Gasteiger partial charge < -0.3 is 15.2 Å². The molecule has 136 valence electrons. The van der Waals surface area contributed by atoms with Crippen LogP contribution >= 0.6 is 0 Å². The first-order valence-corrected chi connectivity index (χ1v) is 9.27.